The van der Waals surface area contributed by atoms with E-state index in [4.69, 9.17) is 28.4 Å². The van der Waals surface area contributed by atoms with Gasteiger partial charge in [0.1, 0.15) is 18.8 Å². The van der Waals surface area contributed by atoms with E-state index in [0.29, 0.717) is 0 Å². The first kappa shape index (κ1) is 27.8. The summed E-state index contributed by atoms with van der Waals surface area (Å²) in [6.07, 6.45) is -6.02. The average Bonchev–Trinajstić information content (AvgIpc) is 2.71. The fourth-order valence-corrected chi connectivity index (χ4v) is 2.84. The number of carbonyl (C=O) groups is 5. The van der Waals surface area contributed by atoms with Crippen LogP contribution in [0.15, 0.2) is 11.8 Å². The van der Waals surface area contributed by atoms with Gasteiger partial charge in [-0.3, -0.25) is 14.4 Å². The summed E-state index contributed by atoms with van der Waals surface area (Å²) in [7, 11) is 0. The van der Waals surface area contributed by atoms with Gasteiger partial charge in [0.15, 0.2) is 24.0 Å². The lowest BCUT2D eigenvalue weighted by atomic mass is 9.97. The zero-order valence-electron chi connectivity index (χ0n) is 19.0. The molecule has 2 N–H and O–H groups in total. The molecular weight excluding hydrogens is 446 g/mol. The molecule has 1 aliphatic heterocycles. The number of aliphatic hydroxyl groups excluding tert-OH is 1. The van der Waals surface area contributed by atoms with Gasteiger partial charge < -0.3 is 38.8 Å². The maximum absolute atomic E-state index is 12.1. The first-order valence-electron chi connectivity index (χ1n) is 10.1. The van der Waals surface area contributed by atoms with Crippen LogP contribution in [0.1, 0.15) is 34.6 Å². The SMILES string of the molecule is CCOC(=O)C(=CN[C@@H]1O[C@H](COC(C)=O)[C@@H](OC(C)=O)[C@H](O)[C@H]1OC(C)=O)C(=O)OCC. The molecule has 0 amide bonds. The number of hydrogen-bond acceptors (Lipinski definition) is 13. The van der Waals surface area contributed by atoms with E-state index in [-0.39, 0.29) is 13.2 Å². The predicted octanol–water partition coefficient (Wildman–Crippen LogP) is -0.902. The topological polar surface area (TPSA) is 173 Å². The lowest BCUT2D eigenvalue weighted by Gasteiger charge is -2.43. The third kappa shape index (κ3) is 8.69. The molecule has 1 rings (SSSR count). The molecule has 1 aliphatic rings. The standard InChI is InChI=1S/C20H29NO12/c1-6-28-19(26)13(20(27)29-7-2)8-21-18-17(32-12(5)24)15(25)16(31-11(4)23)14(33-18)9-30-10(3)22/h8,14-18,21,25H,6-7,9H2,1-5H3/t14-,15+,16-,17-,18-/m1/s1. The third-order valence-electron chi connectivity index (χ3n) is 4.10. The smallest absolute Gasteiger partial charge is 0.347 e. The van der Waals surface area contributed by atoms with E-state index < -0.39 is 72.7 Å². The molecule has 0 unspecified atom stereocenters. The van der Waals surface area contributed by atoms with E-state index in [2.05, 4.69) is 5.32 Å². The molecule has 0 aromatic heterocycles. The summed E-state index contributed by atoms with van der Waals surface area (Å²) in [6, 6.07) is 0. The van der Waals surface area contributed by atoms with Crippen LogP contribution in [0.4, 0.5) is 0 Å². The molecule has 0 bridgehead atoms. The summed E-state index contributed by atoms with van der Waals surface area (Å²) in [6.45, 7) is 5.95. The summed E-state index contributed by atoms with van der Waals surface area (Å²) in [5.41, 5.74) is -0.517. The number of ether oxygens (including phenoxy) is 6. The minimum atomic E-state index is -1.62. The number of hydrogen-bond donors (Lipinski definition) is 2. The zero-order chi connectivity index (χ0) is 25.1. The summed E-state index contributed by atoms with van der Waals surface area (Å²) < 4.78 is 30.5. The molecule has 1 saturated heterocycles. The van der Waals surface area contributed by atoms with Crippen molar-refractivity contribution >= 4 is 29.8 Å². The second-order valence-corrected chi connectivity index (χ2v) is 6.70. The molecule has 0 aliphatic carbocycles. The highest BCUT2D eigenvalue weighted by atomic mass is 16.6. The van der Waals surface area contributed by atoms with Gasteiger partial charge in [-0.1, -0.05) is 0 Å². The molecule has 5 atom stereocenters. The van der Waals surface area contributed by atoms with Gasteiger partial charge >= 0.3 is 29.8 Å². The molecular formula is C20H29NO12. The molecule has 13 nitrogen and oxygen atoms in total. The molecule has 1 heterocycles. The van der Waals surface area contributed by atoms with Crippen LogP contribution in [0.25, 0.3) is 0 Å². The normalized spacial score (nSPS) is 24.0. The van der Waals surface area contributed by atoms with Gasteiger partial charge in [0.2, 0.25) is 0 Å². The van der Waals surface area contributed by atoms with Gasteiger partial charge in [0.05, 0.1) is 13.2 Å². The van der Waals surface area contributed by atoms with Gasteiger partial charge in [0, 0.05) is 27.0 Å². The van der Waals surface area contributed by atoms with Crippen LogP contribution in [0.2, 0.25) is 0 Å². The Kier molecular flexibility index (Phi) is 11.3. The Morgan fingerprint density at radius 2 is 1.36 bits per heavy atom. The lowest BCUT2D eigenvalue weighted by Crippen LogP contribution is -2.64. The van der Waals surface area contributed by atoms with Gasteiger partial charge in [-0.2, -0.15) is 0 Å². The van der Waals surface area contributed by atoms with Crippen LogP contribution in [-0.4, -0.2) is 85.4 Å². The molecule has 33 heavy (non-hydrogen) atoms. The van der Waals surface area contributed by atoms with E-state index in [9.17, 15) is 29.1 Å². The highest BCUT2D eigenvalue weighted by molar-refractivity contribution is 6.13. The highest BCUT2D eigenvalue weighted by Gasteiger charge is 2.49. The van der Waals surface area contributed by atoms with Crippen LogP contribution >= 0.6 is 0 Å². The van der Waals surface area contributed by atoms with Crippen LogP contribution in [-0.2, 0) is 52.4 Å². The Morgan fingerprint density at radius 1 is 0.848 bits per heavy atom. The van der Waals surface area contributed by atoms with E-state index in [0.717, 1.165) is 27.0 Å². The van der Waals surface area contributed by atoms with Crippen molar-refractivity contribution in [2.24, 2.45) is 0 Å². The molecule has 0 radical (unpaired) electrons. The minimum Gasteiger partial charge on any atom is -0.463 e. The summed E-state index contributed by atoms with van der Waals surface area (Å²) >= 11 is 0. The van der Waals surface area contributed by atoms with Gasteiger partial charge in [-0.15, -0.1) is 0 Å². The van der Waals surface area contributed by atoms with Crippen molar-refractivity contribution < 1.29 is 57.5 Å². The minimum absolute atomic E-state index is 0.0151. The van der Waals surface area contributed by atoms with Crippen molar-refractivity contribution in [3.05, 3.63) is 11.8 Å². The number of carbonyl (C=O) groups excluding carboxylic acids is 5. The fraction of sp³-hybridized carbons (Fsp3) is 0.650. The van der Waals surface area contributed by atoms with Crippen LogP contribution in [0, 0.1) is 0 Å². The maximum atomic E-state index is 12.1. The predicted molar refractivity (Wildman–Crippen MR) is 107 cm³/mol. The molecule has 0 aromatic rings. The molecule has 0 spiro atoms. The van der Waals surface area contributed by atoms with Crippen LogP contribution in [0.3, 0.4) is 0 Å². The molecule has 0 saturated carbocycles. The Morgan fingerprint density at radius 3 is 1.82 bits per heavy atom. The monoisotopic (exact) mass is 475 g/mol. The van der Waals surface area contributed by atoms with Crippen molar-refractivity contribution in [2.45, 2.75) is 65.3 Å². The Balaban J connectivity index is 3.27. The summed E-state index contributed by atoms with van der Waals surface area (Å²) in [5.74, 6) is -4.20. The Hall–Kier alpha value is -3.19. The first-order valence-corrected chi connectivity index (χ1v) is 10.1. The number of rotatable bonds is 10. The molecule has 13 heteroatoms. The third-order valence-corrected chi connectivity index (χ3v) is 4.10. The van der Waals surface area contributed by atoms with Crippen molar-refractivity contribution in [3.63, 3.8) is 0 Å². The maximum Gasteiger partial charge on any atom is 0.347 e. The van der Waals surface area contributed by atoms with Crippen molar-refractivity contribution in [3.8, 4) is 0 Å². The lowest BCUT2D eigenvalue weighted by molar-refractivity contribution is -0.250. The van der Waals surface area contributed by atoms with Crippen molar-refractivity contribution in [2.75, 3.05) is 19.8 Å². The average molecular weight is 475 g/mol. The second-order valence-electron chi connectivity index (χ2n) is 6.70. The molecule has 1 fully saturated rings. The molecule has 186 valence electrons. The number of aliphatic hydroxyl groups is 1. The Labute approximate surface area is 190 Å². The van der Waals surface area contributed by atoms with E-state index in [1.165, 1.54) is 0 Å². The summed E-state index contributed by atoms with van der Waals surface area (Å²) in [5, 5.41) is 13.3. The van der Waals surface area contributed by atoms with Crippen LogP contribution < -0.4 is 5.32 Å². The number of esters is 5. The van der Waals surface area contributed by atoms with Gasteiger partial charge in [-0.25, -0.2) is 9.59 Å². The quantitative estimate of drug-likeness (QED) is 0.131. The Bertz CT molecular complexity index is 742. The van der Waals surface area contributed by atoms with Crippen LogP contribution in [0.5, 0.6) is 0 Å². The first-order chi connectivity index (χ1) is 15.5. The number of nitrogens with one attached hydrogen (secondary N) is 1. The largest absolute Gasteiger partial charge is 0.463 e. The van der Waals surface area contributed by atoms with Crippen molar-refractivity contribution in [1.29, 1.82) is 0 Å². The zero-order valence-corrected chi connectivity index (χ0v) is 19.0. The second kappa shape index (κ2) is 13.4. The van der Waals surface area contributed by atoms with Gasteiger partial charge in [0.25, 0.3) is 0 Å². The van der Waals surface area contributed by atoms with E-state index >= 15 is 0 Å². The fourth-order valence-electron chi connectivity index (χ4n) is 2.84. The van der Waals surface area contributed by atoms with Crippen molar-refractivity contribution in [1.82, 2.24) is 5.32 Å². The van der Waals surface area contributed by atoms with E-state index in [1.54, 1.807) is 13.8 Å². The van der Waals surface area contributed by atoms with E-state index in [1.807, 2.05) is 0 Å². The summed E-state index contributed by atoms with van der Waals surface area (Å²) in [4.78, 5) is 58.6. The highest BCUT2D eigenvalue weighted by Crippen LogP contribution is 2.26. The molecule has 0 aromatic carbocycles. The van der Waals surface area contributed by atoms with Gasteiger partial charge in [-0.05, 0) is 13.8 Å².